The first kappa shape index (κ1) is 18.1. The summed E-state index contributed by atoms with van der Waals surface area (Å²) in [6.45, 7) is -0.380. The predicted octanol–water partition coefficient (Wildman–Crippen LogP) is 1.20. The Bertz CT molecular complexity index is 724. The van der Waals surface area contributed by atoms with Crippen molar-refractivity contribution in [1.82, 2.24) is 10.2 Å². The maximum absolute atomic E-state index is 12.4. The molecule has 1 fully saturated rings. The highest BCUT2D eigenvalue weighted by Gasteiger charge is 2.30. The lowest BCUT2D eigenvalue weighted by atomic mass is 9.98. The molecule has 0 saturated heterocycles. The van der Waals surface area contributed by atoms with Gasteiger partial charge in [-0.1, -0.05) is 31.0 Å². The molecule has 0 radical (unpaired) electrons. The number of imide groups is 1. The van der Waals surface area contributed by atoms with E-state index in [0.29, 0.717) is 11.1 Å². The Morgan fingerprint density at radius 1 is 1.15 bits per heavy atom. The molecule has 0 unspecified atom stereocenters. The lowest BCUT2D eigenvalue weighted by Gasteiger charge is -2.26. The van der Waals surface area contributed by atoms with Gasteiger partial charge in [-0.25, -0.2) is 0 Å². The molecule has 3 amide bonds. The van der Waals surface area contributed by atoms with Crippen LogP contribution in [0.2, 0.25) is 0 Å². The van der Waals surface area contributed by atoms with Gasteiger partial charge in [0.15, 0.2) is 6.61 Å². The van der Waals surface area contributed by atoms with Crippen LogP contribution in [0.3, 0.4) is 0 Å². The summed E-state index contributed by atoms with van der Waals surface area (Å²) in [6.07, 6.45) is 4.13. The highest BCUT2D eigenvalue weighted by molar-refractivity contribution is 6.09. The van der Waals surface area contributed by atoms with Crippen LogP contribution in [0.15, 0.2) is 24.3 Å². The van der Waals surface area contributed by atoms with Crippen LogP contribution in [0.5, 0.6) is 0 Å². The Hall–Kier alpha value is -2.70. The van der Waals surface area contributed by atoms with E-state index in [0.717, 1.165) is 30.6 Å². The molecule has 1 aromatic rings. The third-order valence-electron chi connectivity index (χ3n) is 4.76. The van der Waals surface area contributed by atoms with Gasteiger partial charge >= 0.3 is 5.97 Å². The van der Waals surface area contributed by atoms with Crippen molar-refractivity contribution in [3.05, 3.63) is 35.4 Å². The highest BCUT2D eigenvalue weighted by atomic mass is 16.5. The van der Waals surface area contributed by atoms with Crippen molar-refractivity contribution >= 4 is 23.7 Å². The van der Waals surface area contributed by atoms with Gasteiger partial charge in [-0.15, -0.1) is 0 Å². The average molecular weight is 358 g/mol. The number of fused-ring (bicyclic) bond motifs is 1. The number of hydrogen-bond acceptors (Lipinski definition) is 5. The molecule has 0 atom stereocenters. The van der Waals surface area contributed by atoms with E-state index in [1.165, 1.54) is 0 Å². The highest BCUT2D eigenvalue weighted by Crippen LogP contribution is 2.20. The number of rotatable bonds is 6. The molecule has 0 bridgehead atoms. The van der Waals surface area contributed by atoms with Gasteiger partial charge in [0.1, 0.15) is 0 Å². The largest absolute Gasteiger partial charge is 0.456 e. The minimum atomic E-state index is -0.606. The van der Waals surface area contributed by atoms with E-state index in [1.54, 1.807) is 24.3 Å². The van der Waals surface area contributed by atoms with Crippen LogP contribution in [-0.2, 0) is 25.5 Å². The number of nitrogens with zero attached hydrogens (tertiary/aromatic N) is 1. The monoisotopic (exact) mass is 358 g/mol. The number of esters is 1. The molecule has 1 N–H and O–H groups in total. The molecule has 7 heteroatoms. The second kappa shape index (κ2) is 8.12. The first-order valence-corrected chi connectivity index (χ1v) is 8.92. The molecule has 1 heterocycles. The third kappa shape index (κ3) is 4.28. The Labute approximate surface area is 151 Å². The third-order valence-corrected chi connectivity index (χ3v) is 4.76. The molecule has 3 rings (SSSR count). The quantitative estimate of drug-likeness (QED) is 0.609. The van der Waals surface area contributed by atoms with Crippen LogP contribution >= 0.6 is 0 Å². The topological polar surface area (TPSA) is 92.8 Å². The number of ether oxygens (including phenoxy) is 1. The summed E-state index contributed by atoms with van der Waals surface area (Å²) in [4.78, 5) is 49.2. The van der Waals surface area contributed by atoms with Crippen LogP contribution in [0.25, 0.3) is 0 Å². The molecule has 1 aliphatic carbocycles. The van der Waals surface area contributed by atoms with Crippen LogP contribution in [0.1, 0.15) is 48.0 Å². The van der Waals surface area contributed by atoms with Gasteiger partial charge in [0, 0.05) is 18.2 Å². The summed E-state index contributed by atoms with van der Waals surface area (Å²) in [5, 5.41) is 2.83. The van der Waals surface area contributed by atoms with Crippen molar-refractivity contribution in [2.75, 3.05) is 13.2 Å². The SMILES string of the molecule is O=C(COC(=O)CCN1C(=O)Cc2ccccc2C1=O)NC1CCCC1. The number of amides is 3. The van der Waals surface area contributed by atoms with Crippen molar-refractivity contribution in [1.29, 1.82) is 0 Å². The summed E-state index contributed by atoms with van der Waals surface area (Å²) in [5.74, 6) is -1.65. The maximum Gasteiger partial charge on any atom is 0.308 e. The molecule has 26 heavy (non-hydrogen) atoms. The van der Waals surface area contributed by atoms with Crippen LogP contribution in [0.4, 0.5) is 0 Å². The second-order valence-corrected chi connectivity index (χ2v) is 6.64. The van der Waals surface area contributed by atoms with Gasteiger partial charge in [0.25, 0.3) is 11.8 Å². The van der Waals surface area contributed by atoms with Gasteiger partial charge in [-0.05, 0) is 24.5 Å². The summed E-state index contributed by atoms with van der Waals surface area (Å²) >= 11 is 0. The Kier molecular flexibility index (Phi) is 5.65. The lowest BCUT2D eigenvalue weighted by Crippen LogP contribution is -2.43. The van der Waals surface area contributed by atoms with Crippen LogP contribution < -0.4 is 5.32 Å². The van der Waals surface area contributed by atoms with E-state index in [9.17, 15) is 19.2 Å². The molecule has 138 valence electrons. The van der Waals surface area contributed by atoms with Gasteiger partial charge in [0.05, 0.1) is 12.8 Å². The van der Waals surface area contributed by atoms with E-state index in [4.69, 9.17) is 4.74 Å². The van der Waals surface area contributed by atoms with Crippen LogP contribution in [-0.4, -0.2) is 47.8 Å². The van der Waals surface area contributed by atoms with Gasteiger partial charge < -0.3 is 10.1 Å². The number of hydrogen-bond donors (Lipinski definition) is 1. The minimum Gasteiger partial charge on any atom is -0.456 e. The first-order valence-electron chi connectivity index (χ1n) is 8.92. The van der Waals surface area contributed by atoms with E-state index >= 15 is 0 Å². The smallest absolute Gasteiger partial charge is 0.308 e. The summed E-state index contributed by atoms with van der Waals surface area (Å²) in [5.41, 5.74) is 1.18. The van der Waals surface area contributed by atoms with Gasteiger partial charge in [-0.3, -0.25) is 24.1 Å². The van der Waals surface area contributed by atoms with Crippen molar-refractivity contribution in [2.45, 2.75) is 44.6 Å². The molecule has 2 aliphatic rings. The molecule has 0 spiro atoms. The summed E-state index contributed by atoms with van der Waals surface area (Å²) < 4.78 is 4.94. The second-order valence-electron chi connectivity index (χ2n) is 6.64. The number of benzene rings is 1. The zero-order chi connectivity index (χ0) is 18.5. The standard InChI is InChI=1S/C19H22N2O5/c22-16(20-14-6-2-3-7-14)12-26-18(24)9-10-21-17(23)11-13-5-1-4-8-15(13)19(21)25/h1,4-5,8,14H,2-3,6-7,9-12H2,(H,20,22). The van der Waals surface area contributed by atoms with Gasteiger partial charge in [-0.2, -0.15) is 0 Å². The van der Waals surface area contributed by atoms with E-state index in [-0.39, 0.29) is 43.8 Å². The molecule has 0 aromatic heterocycles. The Morgan fingerprint density at radius 3 is 2.65 bits per heavy atom. The fourth-order valence-electron chi connectivity index (χ4n) is 3.39. The molecular weight excluding hydrogens is 336 g/mol. The zero-order valence-electron chi connectivity index (χ0n) is 14.5. The van der Waals surface area contributed by atoms with E-state index in [1.807, 2.05) is 0 Å². The van der Waals surface area contributed by atoms with E-state index < -0.39 is 11.9 Å². The average Bonchev–Trinajstić information content (AvgIpc) is 3.12. The fourth-order valence-corrected chi connectivity index (χ4v) is 3.39. The van der Waals surface area contributed by atoms with Crippen molar-refractivity contribution in [3.8, 4) is 0 Å². The van der Waals surface area contributed by atoms with Crippen molar-refractivity contribution in [2.24, 2.45) is 0 Å². The van der Waals surface area contributed by atoms with E-state index in [2.05, 4.69) is 5.32 Å². The predicted molar refractivity (Wildman–Crippen MR) is 92.2 cm³/mol. The number of nitrogens with one attached hydrogen (secondary N) is 1. The van der Waals surface area contributed by atoms with Crippen molar-refractivity contribution < 1.29 is 23.9 Å². The first-order chi connectivity index (χ1) is 12.5. The summed E-state index contributed by atoms with van der Waals surface area (Å²) in [6, 6.07) is 7.11. The normalized spacial score (nSPS) is 17.2. The lowest BCUT2D eigenvalue weighted by molar-refractivity contribution is -0.149. The molecule has 1 aliphatic heterocycles. The zero-order valence-corrected chi connectivity index (χ0v) is 14.5. The number of carbonyl (C=O) groups excluding carboxylic acids is 4. The molecule has 7 nitrogen and oxygen atoms in total. The molecule has 1 aromatic carbocycles. The fraction of sp³-hybridized carbons (Fsp3) is 0.474. The molecule has 1 saturated carbocycles. The minimum absolute atomic E-state index is 0.0465. The Morgan fingerprint density at radius 2 is 1.88 bits per heavy atom. The maximum atomic E-state index is 12.4. The molecular formula is C19H22N2O5. The Balaban J connectivity index is 1.44. The van der Waals surface area contributed by atoms with Crippen molar-refractivity contribution in [3.63, 3.8) is 0 Å². The number of carbonyl (C=O) groups is 4. The van der Waals surface area contributed by atoms with Gasteiger partial charge in [0.2, 0.25) is 5.91 Å². The van der Waals surface area contributed by atoms with Crippen LogP contribution in [0, 0.1) is 0 Å². The summed E-state index contributed by atoms with van der Waals surface area (Å²) in [7, 11) is 0.